The lowest BCUT2D eigenvalue weighted by molar-refractivity contribution is -0.138. The van der Waals surface area contributed by atoms with Gasteiger partial charge in [-0.05, 0) is 37.3 Å². The summed E-state index contributed by atoms with van der Waals surface area (Å²) >= 11 is 0. The van der Waals surface area contributed by atoms with E-state index in [1.165, 1.54) is 25.4 Å². The van der Waals surface area contributed by atoms with Gasteiger partial charge in [-0.3, -0.25) is 9.59 Å². The molecule has 1 saturated carbocycles. The van der Waals surface area contributed by atoms with E-state index in [-0.39, 0.29) is 36.0 Å². The van der Waals surface area contributed by atoms with Gasteiger partial charge in [0.15, 0.2) is 0 Å². The Morgan fingerprint density at radius 1 is 1.35 bits per heavy atom. The summed E-state index contributed by atoms with van der Waals surface area (Å²) in [4.78, 5) is 40.9. The first kappa shape index (κ1) is 15.5. The summed E-state index contributed by atoms with van der Waals surface area (Å²) in [6, 6.07) is 2.83. The molecule has 7 nitrogen and oxygen atoms in total. The Morgan fingerprint density at radius 2 is 2.13 bits per heavy atom. The molecule has 3 rings (SSSR count). The van der Waals surface area contributed by atoms with Gasteiger partial charge in [-0.2, -0.15) is 0 Å². The Labute approximate surface area is 133 Å². The van der Waals surface area contributed by atoms with Crippen LogP contribution in [-0.2, 0) is 9.53 Å². The van der Waals surface area contributed by atoms with E-state index in [2.05, 4.69) is 9.72 Å². The predicted molar refractivity (Wildman–Crippen MR) is 78.9 cm³/mol. The van der Waals surface area contributed by atoms with Crippen LogP contribution in [0, 0.1) is 5.92 Å². The fourth-order valence-corrected chi connectivity index (χ4v) is 3.75. The minimum atomic E-state index is -0.889. The first-order valence-electron chi connectivity index (χ1n) is 7.60. The number of aromatic nitrogens is 1. The Kier molecular flexibility index (Phi) is 4.02. The highest BCUT2D eigenvalue weighted by atomic mass is 16.5. The van der Waals surface area contributed by atoms with Crippen LogP contribution >= 0.6 is 0 Å². The topological polar surface area (TPSA) is 96.8 Å². The Hall–Kier alpha value is -2.44. The number of carboxylic acid groups (broad SMARTS) is 1. The van der Waals surface area contributed by atoms with Crippen LogP contribution in [0.4, 0.5) is 0 Å². The van der Waals surface area contributed by atoms with Crippen LogP contribution in [0.2, 0.25) is 0 Å². The molecule has 23 heavy (non-hydrogen) atoms. The van der Waals surface area contributed by atoms with Crippen molar-refractivity contribution in [2.45, 2.75) is 37.8 Å². The number of rotatable bonds is 4. The standard InChI is InChI=1S/C16H18N2O5/c1-23-16(22)12-5-3-10(8-17-12)15(21)18-11-4-2-9(6-11)13(18)7-14(19)20/h3,5,8-9,11,13H,2,4,6-7H2,1H3,(H,19,20)/t9-,11+,13+/m0/s1. The zero-order valence-corrected chi connectivity index (χ0v) is 12.8. The normalized spacial score (nSPS) is 25.4. The summed E-state index contributed by atoms with van der Waals surface area (Å²) in [5.41, 5.74) is 0.495. The molecular formula is C16H18N2O5. The zero-order valence-electron chi connectivity index (χ0n) is 12.8. The maximum absolute atomic E-state index is 12.8. The van der Waals surface area contributed by atoms with Gasteiger partial charge in [0.1, 0.15) is 5.69 Å². The molecule has 0 unspecified atom stereocenters. The van der Waals surface area contributed by atoms with Crippen LogP contribution in [0.1, 0.15) is 46.5 Å². The summed E-state index contributed by atoms with van der Waals surface area (Å²) in [5, 5.41) is 9.10. The molecule has 0 aromatic carbocycles. The fraction of sp³-hybridized carbons (Fsp3) is 0.500. The average molecular weight is 318 g/mol. The van der Waals surface area contributed by atoms with Crippen molar-refractivity contribution in [3.8, 4) is 0 Å². The second-order valence-corrected chi connectivity index (χ2v) is 6.03. The molecule has 3 atom stereocenters. The third-order valence-corrected chi connectivity index (χ3v) is 4.76. The van der Waals surface area contributed by atoms with Gasteiger partial charge in [0.05, 0.1) is 19.1 Å². The Morgan fingerprint density at radius 3 is 2.74 bits per heavy atom. The zero-order chi connectivity index (χ0) is 16.6. The van der Waals surface area contributed by atoms with Crippen molar-refractivity contribution in [2.24, 2.45) is 5.92 Å². The number of amides is 1. The summed E-state index contributed by atoms with van der Waals surface area (Å²) in [6.07, 6.45) is 4.09. The molecular weight excluding hydrogens is 300 g/mol. The number of carbonyl (C=O) groups excluding carboxylic acids is 2. The molecule has 2 heterocycles. The number of carboxylic acids is 1. The van der Waals surface area contributed by atoms with Gasteiger partial charge >= 0.3 is 11.9 Å². The van der Waals surface area contributed by atoms with Gasteiger partial charge in [-0.25, -0.2) is 9.78 Å². The van der Waals surface area contributed by atoms with Crippen LogP contribution in [0.15, 0.2) is 18.3 Å². The Bertz CT molecular complexity index is 642. The largest absolute Gasteiger partial charge is 0.481 e. The quantitative estimate of drug-likeness (QED) is 0.841. The summed E-state index contributed by atoms with van der Waals surface area (Å²) in [5.74, 6) is -1.40. The highest BCUT2D eigenvalue weighted by Crippen LogP contribution is 2.44. The van der Waals surface area contributed by atoms with Gasteiger partial charge in [0.2, 0.25) is 0 Å². The number of nitrogens with zero attached hydrogens (tertiary/aromatic N) is 2. The minimum absolute atomic E-state index is 0.0272. The van der Waals surface area contributed by atoms with E-state index in [1.54, 1.807) is 4.90 Å². The number of esters is 1. The number of likely N-dealkylation sites (tertiary alicyclic amines) is 1. The van der Waals surface area contributed by atoms with Gasteiger partial charge in [0.25, 0.3) is 5.91 Å². The van der Waals surface area contributed by atoms with E-state index in [0.717, 1.165) is 19.3 Å². The SMILES string of the molecule is COC(=O)c1ccc(C(=O)N2[C@@H]3CC[C@@H](C3)[C@H]2CC(=O)O)cn1. The minimum Gasteiger partial charge on any atom is -0.481 e. The molecule has 1 aliphatic heterocycles. The maximum atomic E-state index is 12.8. The number of hydrogen-bond acceptors (Lipinski definition) is 5. The summed E-state index contributed by atoms with van der Waals surface area (Å²) < 4.78 is 4.58. The van der Waals surface area contributed by atoms with Crippen molar-refractivity contribution in [1.29, 1.82) is 0 Å². The smallest absolute Gasteiger partial charge is 0.356 e. The molecule has 1 aliphatic carbocycles. The van der Waals surface area contributed by atoms with Crippen molar-refractivity contribution in [3.05, 3.63) is 29.6 Å². The second kappa shape index (κ2) is 5.98. The number of hydrogen-bond donors (Lipinski definition) is 1. The van der Waals surface area contributed by atoms with Crippen molar-refractivity contribution in [2.75, 3.05) is 7.11 Å². The van der Waals surface area contributed by atoms with Crippen LogP contribution in [-0.4, -0.2) is 52.0 Å². The van der Waals surface area contributed by atoms with Crippen molar-refractivity contribution in [3.63, 3.8) is 0 Å². The van der Waals surface area contributed by atoms with Crippen LogP contribution in [0.25, 0.3) is 0 Å². The molecule has 1 N–H and O–H groups in total. The lowest BCUT2D eigenvalue weighted by Crippen LogP contribution is -2.46. The van der Waals surface area contributed by atoms with E-state index in [1.807, 2.05) is 0 Å². The van der Waals surface area contributed by atoms with Crippen molar-refractivity contribution >= 4 is 17.8 Å². The number of carbonyl (C=O) groups is 3. The molecule has 122 valence electrons. The summed E-state index contributed by atoms with van der Waals surface area (Å²) in [6.45, 7) is 0. The van der Waals surface area contributed by atoms with Crippen molar-refractivity contribution < 1.29 is 24.2 Å². The van der Waals surface area contributed by atoms with Crippen LogP contribution in [0.5, 0.6) is 0 Å². The van der Waals surface area contributed by atoms with Gasteiger partial charge in [-0.1, -0.05) is 0 Å². The van der Waals surface area contributed by atoms with Gasteiger partial charge in [0, 0.05) is 18.3 Å². The number of piperidine rings is 1. The number of aliphatic carboxylic acids is 1. The third kappa shape index (κ3) is 2.78. The van der Waals surface area contributed by atoms with E-state index in [0.29, 0.717) is 5.56 Å². The Balaban J connectivity index is 1.81. The van der Waals surface area contributed by atoms with E-state index < -0.39 is 11.9 Å². The monoisotopic (exact) mass is 318 g/mol. The lowest BCUT2D eigenvalue weighted by atomic mass is 9.95. The molecule has 2 bridgehead atoms. The maximum Gasteiger partial charge on any atom is 0.356 e. The van der Waals surface area contributed by atoms with Gasteiger partial charge in [-0.15, -0.1) is 0 Å². The molecule has 1 amide bonds. The van der Waals surface area contributed by atoms with E-state index in [4.69, 9.17) is 5.11 Å². The molecule has 2 aliphatic rings. The first-order valence-corrected chi connectivity index (χ1v) is 7.60. The second-order valence-electron chi connectivity index (χ2n) is 6.03. The molecule has 0 radical (unpaired) electrons. The van der Waals surface area contributed by atoms with E-state index in [9.17, 15) is 14.4 Å². The molecule has 1 aromatic heterocycles. The van der Waals surface area contributed by atoms with Crippen LogP contribution < -0.4 is 0 Å². The average Bonchev–Trinajstić information content (AvgIpc) is 3.14. The fourth-order valence-electron chi connectivity index (χ4n) is 3.75. The number of methoxy groups -OCH3 is 1. The molecule has 1 saturated heterocycles. The number of fused-ring (bicyclic) bond motifs is 2. The number of pyridine rings is 1. The highest BCUT2D eigenvalue weighted by molar-refractivity contribution is 5.96. The predicted octanol–water partition coefficient (Wildman–Crippen LogP) is 1.34. The molecule has 0 spiro atoms. The summed E-state index contributed by atoms with van der Waals surface area (Å²) in [7, 11) is 1.26. The molecule has 1 aromatic rings. The molecule has 7 heteroatoms. The van der Waals surface area contributed by atoms with Gasteiger partial charge < -0.3 is 14.7 Å². The first-order chi connectivity index (χ1) is 11.0. The van der Waals surface area contributed by atoms with E-state index >= 15 is 0 Å². The molecule has 2 fully saturated rings. The van der Waals surface area contributed by atoms with Crippen molar-refractivity contribution in [1.82, 2.24) is 9.88 Å². The third-order valence-electron chi connectivity index (χ3n) is 4.76. The van der Waals surface area contributed by atoms with Crippen LogP contribution in [0.3, 0.4) is 0 Å². The lowest BCUT2D eigenvalue weighted by Gasteiger charge is -2.34. The number of ether oxygens (including phenoxy) is 1. The highest BCUT2D eigenvalue weighted by Gasteiger charge is 2.48.